The molecule has 3 rings (SSSR count). The standard InChI is InChI=1S/C22H29N3O/c1-18(2)25(20-12-8-5-9-13-20)22(26)17-24-15-14-23(3)16-21(24)19-10-6-4-7-11-19/h4-13,18,21H,14-17H2,1-3H3. The van der Waals surface area contributed by atoms with E-state index in [0.717, 1.165) is 25.3 Å². The van der Waals surface area contributed by atoms with E-state index in [9.17, 15) is 4.79 Å². The molecule has 26 heavy (non-hydrogen) atoms. The Kier molecular flexibility index (Phi) is 6.07. The maximum Gasteiger partial charge on any atom is 0.241 e. The van der Waals surface area contributed by atoms with Crippen molar-refractivity contribution in [2.75, 3.05) is 38.1 Å². The van der Waals surface area contributed by atoms with Crippen molar-refractivity contribution in [3.63, 3.8) is 0 Å². The highest BCUT2D eigenvalue weighted by atomic mass is 16.2. The fraction of sp³-hybridized carbons (Fsp3) is 0.409. The van der Waals surface area contributed by atoms with Gasteiger partial charge in [0.05, 0.1) is 6.54 Å². The minimum atomic E-state index is 0.132. The Labute approximate surface area is 157 Å². The number of hydrogen-bond donors (Lipinski definition) is 0. The summed E-state index contributed by atoms with van der Waals surface area (Å²) in [6, 6.07) is 20.9. The van der Waals surface area contributed by atoms with Gasteiger partial charge in [0.1, 0.15) is 0 Å². The van der Waals surface area contributed by atoms with Gasteiger partial charge in [-0.1, -0.05) is 48.5 Å². The molecule has 0 bridgehead atoms. The van der Waals surface area contributed by atoms with Crippen LogP contribution in [0.3, 0.4) is 0 Å². The molecular weight excluding hydrogens is 322 g/mol. The smallest absolute Gasteiger partial charge is 0.241 e. The Morgan fingerprint density at radius 3 is 2.27 bits per heavy atom. The Bertz CT molecular complexity index is 702. The van der Waals surface area contributed by atoms with E-state index in [4.69, 9.17) is 0 Å². The highest BCUT2D eigenvalue weighted by Gasteiger charge is 2.30. The average molecular weight is 351 g/mol. The molecule has 2 aromatic rings. The number of carbonyl (C=O) groups is 1. The Balaban J connectivity index is 1.79. The van der Waals surface area contributed by atoms with E-state index in [2.05, 4.69) is 55.0 Å². The number of piperazine rings is 1. The molecule has 4 heteroatoms. The third-order valence-corrected chi connectivity index (χ3v) is 5.04. The van der Waals surface area contributed by atoms with Crippen molar-refractivity contribution in [1.82, 2.24) is 9.80 Å². The predicted molar refractivity (Wildman–Crippen MR) is 107 cm³/mol. The molecule has 1 unspecified atom stereocenters. The normalized spacial score (nSPS) is 18.8. The number of rotatable bonds is 5. The average Bonchev–Trinajstić information content (AvgIpc) is 2.64. The summed E-state index contributed by atoms with van der Waals surface area (Å²) in [6.45, 7) is 7.43. The first-order chi connectivity index (χ1) is 12.6. The van der Waals surface area contributed by atoms with E-state index in [1.807, 2.05) is 41.3 Å². The summed E-state index contributed by atoms with van der Waals surface area (Å²) in [6.07, 6.45) is 0. The van der Waals surface area contributed by atoms with Gasteiger partial charge in [-0.2, -0.15) is 0 Å². The lowest BCUT2D eigenvalue weighted by atomic mass is 10.0. The molecule has 0 aliphatic carbocycles. The van der Waals surface area contributed by atoms with Crippen molar-refractivity contribution in [2.24, 2.45) is 0 Å². The van der Waals surface area contributed by atoms with Gasteiger partial charge in [-0.3, -0.25) is 9.69 Å². The molecule has 4 nitrogen and oxygen atoms in total. The van der Waals surface area contributed by atoms with E-state index < -0.39 is 0 Å². The van der Waals surface area contributed by atoms with E-state index in [0.29, 0.717) is 6.54 Å². The highest BCUT2D eigenvalue weighted by Crippen LogP contribution is 2.25. The van der Waals surface area contributed by atoms with Crippen LogP contribution in [0.5, 0.6) is 0 Å². The number of carbonyl (C=O) groups excluding carboxylic acids is 1. The number of nitrogens with zero attached hydrogens (tertiary/aromatic N) is 3. The Morgan fingerprint density at radius 2 is 1.65 bits per heavy atom. The lowest BCUT2D eigenvalue weighted by Crippen LogP contribution is -2.51. The molecule has 0 N–H and O–H groups in total. The number of benzene rings is 2. The minimum absolute atomic E-state index is 0.132. The third kappa shape index (κ3) is 4.32. The van der Waals surface area contributed by atoms with Crippen molar-refractivity contribution in [3.8, 4) is 0 Å². The summed E-state index contributed by atoms with van der Waals surface area (Å²) in [5.74, 6) is 0.164. The molecule has 1 heterocycles. The summed E-state index contributed by atoms with van der Waals surface area (Å²) in [5.41, 5.74) is 2.25. The number of hydrogen-bond acceptors (Lipinski definition) is 3. The molecule has 1 aliphatic rings. The summed E-state index contributed by atoms with van der Waals surface area (Å²) in [5, 5.41) is 0. The van der Waals surface area contributed by atoms with Gasteiger partial charge in [-0.05, 0) is 38.6 Å². The van der Waals surface area contributed by atoms with Crippen LogP contribution in [0.1, 0.15) is 25.5 Å². The first-order valence-corrected chi connectivity index (χ1v) is 9.41. The lowest BCUT2D eigenvalue weighted by Gasteiger charge is -2.41. The van der Waals surface area contributed by atoms with E-state index >= 15 is 0 Å². The molecular formula is C22H29N3O. The number of amides is 1. The zero-order valence-corrected chi connectivity index (χ0v) is 16.0. The first-order valence-electron chi connectivity index (χ1n) is 9.41. The van der Waals surface area contributed by atoms with Gasteiger partial charge in [0, 0.05) is 37.4 Å². The quantitative estimate of drug-likeness (QED) is 0.826. The summed E-state index contributed by atoms with van der Waals surface area (Å²) in [7, 11) is 2.15. The van der Waals surface area contributed by atoms with Gasteiger partial charge in [-0.15, -0.1) is 0 Å². The molecule has 1 amide bonds. The van der Waals surface area contributed by atoms with Crippen LogP contribution in [-0.2, 0) is 4.79 Å². The Morgan fingerprint density at radius 1 is 1.04 bits per heavy atom. The first kappa shape index (κ1) is 18.6. The molecule has 138 valence electrons. The SMILES string of the molecule is CC(C)N(C(=O)CN1CCN(C)CC1c1ccccc1)c1ccccc1. The molecule has 1 aliphatic heterocycles. The lowest BCUT2D eigenvalue weighted by molar-refractivity contribution is -0.121. The fourth-order valence-electron chi connectivity index (χ4n) is 3.71. The second-order valence-corrected chi connectivity index (χ2v) is 7.35. The van der Waals surface area contributed by atoms with Gasteiger partial charge >= 0.3 is 0 Å². The van der Waals surface area contributed by atoms with Crippen LogP contribution in [0.25, 0.3) is 0 Å². The van der Waals surface area contributed by atoms with Gasteiger partial charge < -0.3 is 9.80 Å². The van der Waals surface area contributed by atoms with Crippen molar-refractivity contribution >= 4 is 11.6 Å². The van der Waals surface area contributed by atoms with Crippen molar-refractivity contribution < 1.29 is 4.79 Å². The molecule has 2 aromatic carbocycles. The third-order valence-electron chi connectivity index (χ3n) is 5.04. The number of anilines is 1. The molecule has 1 saturated heterocycles. The summed E-state index contributed by atoms with van der Waals surface area (Å²) < 4.78 is 0. The summed E-state index contributed by atoms with van der Waals surface area (Å²) in [4.78, 5) is 19.8. The Hall–Kier alpha value is -2.17. The number of para-hydroxylation sites is 1. The maximum atomic E-state index is 13.2. The van der Waals surface area contributed by atoms with Crippen LogP contribution in [0.15, 0.2) is 60.7 Å². The molecule has 0 spiro atoms. The maximum absolute atomic E-state index is 13.2. The van der Waals surface area contributed by atoms with Crippen LogP contribution in [0, 0.1) is 0 Å². The van der Waals surface area contributed by atoms with Gasteiger partial charge in [0.15, 0.2) is 0 Å². The molecule has 0 aromatic heterocycles. The second kappa shape index (κ2) is 8.47. The molecule has 0 saturated carbocycles. The van der Waals surface area contributed by atoms with Crippen LogP contribution >= 0.6 is 0 Å². The fourth-order valence-corrected chi connectivity index (χ4v) is 3.71. The van der Waals surface area contributed by atoms with Gasteiger partial charge in [0.25, 0.3) is 0 Å². The highest BCUT2D eigenvalue weighted by molar-refractivity contribution is 5.95. The largest absolute Gasteiger partial charge is 0.309 e. The van der Waals surface area contributed by atoms with Crippen molar-refractivity contribution in [3.05, 3.63) is 66.2 Å². The molecule has 1 atom stereocenters. The van der Waals surface area contributed by atoms with Crippen LogP contribution in [-0.4, -0.2) is 55.0 Å². The van der Waals surface area contributed by atoms with Crippen LogP contribution < -0.4 is 4.90 Å². The van der Waals surface area contributed by atoms with E-state index in [-0.39, 0.29) is 18.0 Å². The topological polar surface area (TPSA) is 26.8 Å². The monoisotopic (exact) mass is 351 g/mol. The van der Waals surface area contributed by atoms with E-state index in [1.165, 1.54) is 5.56 Å². The van der Waals surface area contributed by atoms with Gasteiger partial charge in [0.2, 0.25) is 5.91 Å². The second-order valence-electron chi connectivity index (χ2n) is 7.35. The van der Waals surface area contributed by atoms with Crippen LogP contribution in [0.2, 0.25) is 0 Å². The van der Waals surface area contributed by atoms with Gasteiger partial charge in [-0.25, -0.2) is 0 Å². The number of likely N-dealkylation sites (N-methyl/N-ethyl adjacent to an activating group) is 1. The van der Waals surface area contributed by atoms with Crippen molar-refractivity contribution in [1.29, 1.82) is 0 Å². The zero-order chi connectivity index (χ0) is 18.5. The van der Waals surface area contributed by atoms with Crippen LogP contribution in [0.4, 0.5) is 5.69 Å². The minimum Gasteiger partial charge on any atom is -0.309 e. The predicted octanol–water partition coefficient (Wildman–Crippen LogP) is 3.42. The van der Waals surface area contributed by atoms with Crippen molar-refractivity contribution in [2.45, 2.75) is 25.9 Å². The molecule has 1 fully saturated rings. The van der Waals surface area contributed by atoms with E-state index in [1.54, 1.807) is 0 Å². The summed E-state index contributed by atoms with van der Waals surface area (Å²) >= 11 is 0. The zero-order valence-electron chi connectivity index (χ0n) is 16.0. The molecule has 0 radical (unpaired) electrons.